The van der Waals surface area contributed by atoms with Crippen LogP contribution in [-0.4, -0.2) is 41.5 Å². The number of carboxylic acid groups (broad SMARTS) is 1. The van der Waals surface area contributed by atoms with Gasteiger partial charge in [-0.15, -0.1) is 0 Å². The van der Waals surface area contributed by atoms with E-state index in [-0.39, 0.29) is 18.2 Å². The summed E-state index contributed by atoms with van der Waals surface area (Å²) < 4.78 is 0. The zero-order chi connectivity index (χ0) is 15.1. The highest BCUT2D eigenvalue weighted by molar-refractivity contribution is 5.76. The Kier molecular flexibility index (Phi) is 6.99. The maximum Gasteiger partial charge on any atom is 0.303 e. The number of hydrogen-bond donors (Lipinski definition) is 2. The van der Waals surface area contributed by atoms with Crippen LogP contribution in [0.25, 0.3) is 0 Å². The molecule has 0 bridgehead atoms. The zero-order valence-corrected chi connectivity index (χ0v) is 12.7. The fourth-order valence-corrected chi connectivity index (χ4v) is 2.79. The summed E-state index contributed by atoms with van der Waals surface area (Å²) in [6.07, 6.45) is 3.58. The molecular formula is C15H28N2O3. The standard InChI is InChI=1S/C15H28N2O3/c1-11(9-16)5-6-14(18)17-7-3-4-13(10-17)12(2)8-15(19)20/h11-13H,3-10,16H2,1-2H3,(H,19,20). The first kappa shape index (κ1) is 17.0. The van der Waals surface area contributed by atoms with E-state index >= 15 is 0 Å². The Balaban J connectivity index is 2.43. The minimum atomic E-state index is -0.752. The molecule has 1 aliphatic heterocycles. The van der Waals surface area contributed by atoms with E-state index < -0.39 is 5.97 Å². The molecule has 0 aromatic carbocycles. The van der Waals surface area contributed by atoms with Gasteiger partial charge < -0.3 is 15.7 Å². The highest BCUT2D eigenvalue weighted by atomic mass is 16.4. The van der Waals surface area contributed by atoms with E-state index in [9.17, 15) is 9.59 Å². The van der Waals surface area contributed by atoms with Crippen molar-refractivity contribution in [2.75, 3.05) is 19.6 Å². The lowest BCUT2D eigenvalue weighted by atomic mass is 9.84. The number of aliphatic carboxylic acids is 1. The van der Waals surface area contributed by atoms with Gasteiger partial charge in [-0.2, -0.15) is 0 Å². The summed E-state index contributed by atoms with van der Waals surface area (Å²) in [5, 5.41) is 8.87. The summed E-state index contributed by atoms with van der Waals surface area (Å²) in [5.74, 6) is 0.266. The van der Waals surface area contributed by atoms with E-state index in [1.807, 2.05) is 11.8 Å². The maximum absolute atomic E-state index is 12.2. The molecule has 0 aromatic rings. The summed E-state index contributed by atoms with van der Waals surface area (Å²) in [7, 11) is 0. The molecule has 1 fully saturated rings. The van der Waals surface area contributed by atoms with Crippen LogP contribution >= 0.6 is 0 Å². The number of nitrogens with zero attached hydrogens (tertiary/aromatic N) is 1. The Bertz CT molecular complexity index is 333. The SMILES string of the molecule is CC(CN)CCC(=O)N1CCCC(C(C)CC(=O)O)C1. The molecule has 3 N–H and O–H groups in total. The number of nitrogens with two attached hydrogens (primary N) is 1. The number of carboxylic acids is 1. The van der Waals surface area contributed by atoms with E-state index in [1.165, 1.54) is 0 Å². The van der Waals surface area contributed by atoms with Crippen LogP contribution in [0.3, 0.4) is 0 Å². The summed E-state index contributed by atoms with van der Waals surface area (Å²) in [6.45, 7) is 6.17. The minimum Gasteiger partial charge on any atom is -0.481 e. The number of likely N-dealkylation sites (tertiary alicyclic amines) is 1. The van der Waals surface area contributed by atoms with Crippen molar-refractivity contribution < 1.29 is 14.7 Å². The van der Waals surface area contributed by atoms with Crippen LogP contribution in [0.4, 0.5) is 0 Å². The first-order chi connectivity index (χ1) is 9.43. The van der Waals surface area contributed by atoms with Gasteiger partial charge in [-0.05, 0) is 43.6 Å². The third kappa shape index (κ3) is 5.49. The van der Waals surface area contributed by atoms with Crippen LogP contribution in [0, 0.1) is 17.8 Å². The van der Waals surface area contributed by atoms with Gasteiger partial charge in [0.1, 0.15) is 0 Å². The van der Waals surface area contributed by atoms with E-state index in [4.69, 9.17) is 10.8 Å². The van der Waals surface area contributed by atoms with Gasteiger partial charge in [-0.3, -0.25) is 9.59 Å². The van der Waals surface area contributed by atoms with E-state index in [1.54, 1.807) is 0 Å². The van der Waals surface area contributed by atoms with E-state index in [2.05, 4.69) is 6.92 Å². The monoisotopic (exact) mass is 284 g/mol. The van der Waals surface area contributed by atoms with Crippen molar-refractivity contribution >= 4 is 11.9 Å². The topological polar surface area (TPSA) is 83.6 Å². The van der Waals surface area contributed by atoms with Crippen molar-refractivity contribution in [1.29, 1.82) is 0 Å². The molecule has 116 valence electrons. The zero-order valence-electron chi connectivity index (χ0n) is 12.7. The molecule has 3 atom stereocenters. The van der Waals surface area contributed by atoms with Gasteiger partial charge in [0.2, 0.25) is 5.91 Å². The molecule has 3 unspecified atom stereocenters. The first-order valence-electron chi connectivity index (χ1n) is 7.63. The Labute approximate surface area is 121 Å². The third-order valence-corrected chi connectivity index (χ3v) is 4.37. The van der Waals surface area contributed by atoms with Gasteiger partial charge in [0, 0.05) is 25.9 Å². The molecule has 0 saturated carbocycles. The van der Waals surface area contributed by atoms with Crippen molar-refractivity contribution in [3.8, 4) is 0 Å². The summed E-state index contributed by atoms with van der Waals surface area (Å²) >= 11 is 0. The maximum atomic E-state index is 12.2. The van der Waals surface area contributed by atoms with Crippen LogP contribution < -0.4 is 5.73 Å². The number of carbonyl (C=O) groups excluding carboxylic acids is 1. The fraction of sp³-hybridized carbons (Fsp3) is 0.867. The molecule has 20 heavy (non-hydrogen) atoms. The molecule has 1 heterocycles. The molecule has 1 saturated heterocycles. The van der Waals surface area contributed by atoms with Crippen molar-refractivity contribution in [3.63, 3.8) is 0 Å². The van der Waals surface area contributed by atoms with Crippen LogP contribution in [0.2, 0.25) is 0 Å². The number of piperidine rings is 1. The number of carbonyl (C=O) groups is 2. The van der Waals surface area contributed by atoms with Crippen LogP contribution in [0.1, 0.15) is 46.0 Å². The van der Waals surface area contributed by atoms with Gasteiger partial charge in [-0.25, -0.2) is 0 Å². The molecule has 5 nitrogen and oxygen atoms in total. The Morgan fingerprint density at radius 2 is 2.10 bits per heavy atom. The highest BCUT2D eigenvalue weighted by Gasteiger charge is 2.28. The summed E-state index contributed by atoms with van der Waals surface area (Å²) in [6, 6.07) is 0. The van der Waals surface area contributed by atoms with Gasteiger partial charge >= 0.3 is 5.97 Å². The lowest BCUT2D eigenvalue weighted by Gasteiger charge is -2.35. The van der Waals surface area contributed by atoms with Crippen LogP contribution in [0.5, 0.6) is 0 Å². The molecule has 0 spiro atoms. The molecule has 1 rings (SSSR count). The number of rotatable bonds is 7. The molecular weight excluding hydrogens is 256 g/mol. The first-order valence-corrected chi connectivity index (χ1v) is 7.63. The Hall–Kier alpha value is -1.10. The second-order valence-corrected chi connectivity index (χ2v) is 6.20. The second kappa shape index (κ2) is 8.25. The Morgan fingerprint density at radius 1 is 1.40 bits per heavy atom. The highest BCUT2D eigenvalue weighted by Crippen LogP contribution is 2.26. The third-order valence-electron chi connectivity index (χ3n) is 4.37. The average molecular weight is 284 g/mol. The molecule has 0 radical (unpaired) electrons. The summed E-state index contributed by atoms with van der Waals surface area (Å²) in [5.41, 5.74) is 5.56. The van der Waals surface area contributed by atoms with E-state index in [0.29, 0.717) is 31.3 Å². The lowest BCUT2D eigenvalue weighted by molar-refractivity contribution is -0.138. The molecule has 0 aliphatic carbocycles. The van der Waals surface area contributed by atoms with Gasteiger partial charge in [0.15, 0.2) is 0 Å². The molecule has 1 aliphatic rings. The number of hydrogen-bond acceptors (Lipinski definition) is 3. The van der Waals surface area contributed by atoms with Gasteiger partial charge in [0.25, 0.3) is 0 Å². The normalized spacial score (nSPS) is 22.4. The smallest absolute Gasteiger partial charge is 0.303 e. The largest absolute Gasteiger partial charge is 0.481 e. The van der Waals surface area contributed by atoms with E-state index in [0.717, 1.165) is 25.8 Å². The van der Waals surface area contributed by atoms with Crippen molar-refractivity contribution in [2.45, 2.75) is 46.0 Å². The lowest BCUT2D eigenvalue weighted by Crippen LogP contribution is -2.42. The second-order valence-electron chi connectivity index (χ2n) is 6.20. The van der Waals surface area contributed by atoms with Gasteiger partial charge in [-0.1, -0.05) is 13.8 Å². The van der Waals surface area contributed by atoms with Crippen LogP contribution in [-0.2, 0) is 9.59 Å². The van der Waals surface area contributed by atoms with Crippen molar-refractivity contribution in [2.24, 2.45) is 23.5 Å². The Morgan fingerprint density at radius 3 is 2.70 bits per heavy atom. The summed E-state index contributed by atoms with van der Waals surface area (Å²) in [4.78, 5) is 24.9. The predicted molar refractivity (Wildman–Crippen MR) is 78.2 cm³/mol. The minimum absolute atomic E-state index is 0.131. The fourth-order valence-electron chi connectivity index (χ4n) is 2.79. The molecule has 1 amide bonds. The predicted octanol–water partition coefficient (Wildman–Crippen LogP) is 1.71. The van der Waals surface area contributed by atoms with Crippen molar-refractivity contribution in [1.82, 2.24) is 4.90 Å². The van der Waals surface area contributed by atoms with Gasteiger partial charge in [0.05, 0.1) is 0 Å². The number of amides is 1. The molecule has 0 aromatic heterocycles. The van der Waals surface area contributed by atoms with Crippen molar-refractivity contribution in [3.05, 3.63) is 0 Å². The van der Waals surface area contributed by atoms with Crippen LogP contribution in [0.15, 0.2) is 0 Å². The molecule has 5 heteroatoms. The quantitative estimate of drug-likeness (QED) is 0.745. The average Bonchev–Trinajstić information content (AvgIpc) is 2.43.